The first-order chi connectivity index (χ1) is 28.2. The molecule has 5 heteroatoms. The summed E-state index contributed by atoms with van der Waals surface area (Å²) in [6.45, 7) is 21.4. The second-order valence-corrected chi connectivity index (χ2v) is 24.9. The summed E-state index contributed by atoms with van der Waals surface area (Å²) in [5, 5.41) is 3.70. The SMILES string of the molecule is CC(C)(C)c1ccc2c(c1)C1(c3ccc4c(oc5ccccc54)c3-c3n(-c4c(-c5ccccc5)cccc4C(C)(C)C)c4ccccc4[n+]31)[n+]1cc([Si](C)(C)C)ccc1-2. The molecule has 1 atom stereocenters. The minimum absolute atomic E-state index is 0.0546. The summed E-state index contributed by atoms with van der Waals surface area (Å²) in [5.41, 5.74) is 15.6. The van der Waals surface area contributed by atoms with E-state index in [0.29, 0.717) is 0 Å². The van der Waals surface area contributed by atoms with Crippen LogP contribution in [0, 0.1) is 0 Å². The molecule has 6 aromatic carbocycles. The van der Waals surface area contributed by atoms with Gasteiger partial charge in [0.1, 0.15) is 16.8 Å². The van der Waals surface area contributed by atoms with E-state index in [1.54, 1.807) is 0 Å². The second-order valence-electron chi connectivity index (χ2n) is 19.9. The van der Waals surface area contributed by atoms with Gasteiger partial charge in [-0.2, -0.15) is 4.57 Å². The first kappa shape index (κ1) is 36.1. The van der Waals surface area contributed by atoms with E-state index in [4.69, 9.17) is 4.42 Å². The van der Waals surface area contributed by atoms with Crippen LogP contribution in [0.25, 0.3) is 72.4 Å². The number of para-hydroxylation sites is 4. The van der Waals surface area contributed by atoms with E-state index in [1.807, 2.05) is 0 Å². The predicted molar refractivity (Wildman–Crippen MR) is 246 cm³/mol. The standard InChI is InChI=1S/C54H51N3OSi/c1-52(2,3)35-26-28-40-43(32-35)54(55-33-36(59(7,8)9)27-31-44(40)55)41-30-29-39-38-20-13-16-25-47(38)58-50(39)48(41)51-56(45-23-14-15-24-46(45)57(51)54)49-37(34-18-11-10-12-19-34)21-17-22-42(49)53(4,5)6/h10-33H,1-9H3/q+2. The Bertz CT molecular complexity index is 3150. The van der Waals surface area contributed by atoms with Gasteiger partial charge in [0, 0.05) is 33.2 Å². The molecule has 9 aromatic rings. The average molecular weight is 786 g/mol. The Morgan fingerprint density at radius 2 is 1.37 bits per heavy atom. The summed E-state index contributed by atoms with van der Waals surface area (Å²) in [5.74, 6) is 1.13. The van der Waals surface area contributed by atoms with Gasteiger partial charge in [0.05, 0.1) is 24.8 Å². The molecule has 1 unspecified atom stereocenters. The highest BCUT2D eigenvalue weighted by Gasteiger charge is 2.67. The van der Waals surface area contributed by atoms with Gasteiger partial charge in [0.2, 0.25) is 5.69 Å². The minimum atomic E-state index is -1.77. The van der Waals surface area contributed by atoms with E-state index in [1.165, 1.54) is 66.5 Å². The maximum atomic E-state index is 7.16. The van der Waals surface area contributed by atoms with Gasteiger partial charge in [-0.3, -0.25) is 0 Å². The molecule has 3 aromatic heterocycles. The topological polar surface area (TPSA) is 25.8 Å². The van der Waals surface area contributed by atoms with Crippen molar-refractivity contribution >= 4 is 46.2 Å². The van der Waals surface area contributed by atoms with Crippen molar-refractivity contribution in [3.05, 3.63) is 168 Å². The molecular formula is C54H51N3OSi+2. The number of imidazole rings is 1. The summed E-state index contributed by atoms with van der Waals surface area (Å²) < 4.78 is 15.1. The van der Waals surface area contributed by atoms with Crippen molar-refractivity contribution in [2.75, 3.05) is 0 Å². The zero-order valence-electron chi connectivity index (χ0n) is 35.6. The quantitative estimate of drug-likeness (QED) is 0.129. The molecule has 5 heterocycles. The van der Waals surface area contributed by atoms with Gasteiger partial charge in [0.25, 0.3) is 0 Å². The summed E-state index contributed by atoms with van der Waals surface area (Å²) in [4.78, 5) is 0. The van der Waals surface area contributed by atoms with Crippen LogP contribution < -0.4 is 14.3 Å². The molecule has 0 N–H and O–H groups in total. The fourth-order valence-corrected chi connectivity index (χ4v) is 11.3. The van der Waals surface area contributed by atoms with Crippen LogP contribution >= 0.6 is 0 Å². The first-order valence-corrected chi connectivity index (χ1v) is 24.6. The van der Waals surface area contributed by atoms with Crippen LogP contribution in [0.15, 0.2) is 150 Å². The molecule has 1 spiro atoms. The zero-order valence-corrected chi connectivity index (χ0v) is 36.6. The van der Waals surface area contributed by atoms with Crippen molar-refractivity contribution in [1.82, 2.24) is 4.57 Å². The molecule has 59 heavy (non-hydrogen) atoms. The number of nitrogens with zero attached hydrogens (tertiary/aromatic N) is 3. The molecule has 0 amide bonds. The molecule has 4 nitrogen and oxygen atoms in total. The van der Waals surface area contributed by atoms with E-state index >= 15 is 0 Å². The average Bonchev–Trinajstić information content (AvgIpc) is 3.93. The number of aromatic nitrogens is 3. The fourth-order valence-electron chi connectivity index (χ4n) is 10.2. The highest BCUT2D eigenvalue weighted by molar-refractivity contribution is 6.88. The largest absolute Gasteiger partial charge is 0.455 e. The summed E-state index contributed by atoms with van der Waals surface area (Å²) in [6, 6.07) is 52.3. The molecule has 0 radical (unpaired) electrons. The molecule has 11 rings (SSSR count). The summed E-state index contributed by atoms with van der Waals surface area (Å²) in [7, 11) is -1.77. The van der Waals surface area contributed by atoms with Gasteiger partial charge in [-0.15, -0.1) is 9.13 Å². The van der Waals surface area contributed by atoms with E-state index in [9.17, 15) is 0 Å². The number of fused-ring (bicyclic) bond motifs is 16. The predicted octanol–water partition coefficient (Wildman–Crippen LogP) is 12.2. The lowest BCUT2D eigenvalue weighted by Crippen LogP contribution is -2.72. The molecule has 290 valence electrons. The van der Waals surface area contributed by atoms with Crippen LogP contribution in [0.1, 0.15) is 63.8 Å². The van der Waals surface area contributed by atoms with Crippen molar-refractivity contribution in [2.45, 2.75) is 77.7 Å². The third-order valence-corrected chi connectivity index (χ3v) is 15.1. The van der Waals surface area contributed by atoms with E-state index in [-0.39, 0.29) is 10.8 Å². The Balaban J connectivity index is 1.42. The summed E-state index contributed by atoms with van der Waals surface area (Å²) in [6.07, 6.45) is 2.51. The van der Waals surface area contributed by atoms with Gasteiger partial charge >= 0.3 is 11.5 Å². The highest BCUT2D eigenvalue weighted by Crippen LogP contribution is 2.54. The maximum Gasteiger partial charge on any atom is 0.364 e. The zero-order chi connectivity index (χ0) is 40.8. The van der Waals surface area contributed by atoms with E-state index < -0.39 is 13.7 Å². The molecular weight excluding hydrogens is 735 g/mol. The Hall–Kier alpha value is -6.04. The van der Waals surface area contributed by atoms with Crippen molar-refractivity contribution in [3.63, 3.8) is 0 Å². The van der Waals surface area contributed by atoms with Crippen LogP contribution in [0.2, 0.25) is 19.6 Å². The highest BCUT2D eigenvalue weighted by atomic mass is 28.3. The number of hydrogen-bond acceptors (Lipinski definition) is 1. The Kier molecular flexibility index (Phi) is 7.35. The van der Waals surface area contributed by atoms with Gasteiger partial charge in [-0.05, 0) is 64.4 Å². The lowest BCUT2D eigenvalue weighted by molar-refractivity contribution is -0.944. The van der Waals surface area contributed by atoms with Crippen LogP contribution in [-0.4, -0.2) is 12.6 Å². The Labute approximate surface area is 348 Å². The van der Waals surface area contributed by atoms with Crippen LogP contribution in [-0.2, 0) is 16.5 Å². The number of furan rings is 1. The third kappa shape index (κ3) is 4.88. The molecule has 2 aliphatic rings. The van der Waals surface area contributed by atoms with Crippen molar-refractivity contribution in [2.24, 2.45) is 0 Å². The molecule has 0 bridgehead atoms. The lowest BCUT2D eigenvalue weighted by atomic mass is 9.81. The van der Waals surface area contributed by atoms with E-state index in [2.05, 4.69) is 221 Å². The van der Waals surface area contributed by atoms with Gasteiger partial charge in [-0.25, -0.2) is 0 Å². The fraction of sp³-hybridized carbons (Fsp3) is 0.222. The van der Waals surface area contributed by atoms with Gasteiger partial charge in [-0.1, -0.05) is 152 Å². The third-order valence-electron chi connectivity index (χ3n) is 13.1. The van der Waals surface area contributed by atoms with Crippen LogP contribution in [0.3, 0.4) is 0 Å². The van der Waals surface area contributed by atoms with E-state index in [0.717, 1.165) is 33.3 Å². The number of pyridine rings is 1. The number of benzene rings is 6. The van der Waals surface area contributed by atoms with Gasteiger partial charge < -0.3 is 4.42 Å². The van der Waals surface area contributed by atoms with Crippen LogP contribution in [0.4, 0.5) is 0 Å². The first-order valence-electron chi connectivity index (χ1n) is 21.1. The van der Waals surface area contributed by atoms with Crippen LogP contribution in [0.5, 0.6) is 0 Å². The Morgan fingerprint density at radius 1 is 0.627 bits per heavy atom. The molecule has 0 saturated carbocycles. The van der Waals surface area contributed by atoms with Gasteiger partial charge in [0.15, 0.2) is 22.8 Å². The minimum Gasteiger partial charge on any atom is -0.455 e. The maximum absolute atomic E-state index is 7.16. The Morgan fingerprint density at radius 3 is 2.14 bits per heavy atom. The number of rotatable bonds is 3. The second kappa shape index (κ2) is 12.0. The smallest absolute Gasteiger partial charge is 0.364 e. The lowest BCUT2D eigenvalue weighted by Gasteiger charge is -2.24. The molecule has 0 fully saturated rings. The normalized spacial score (nSPS) is 15.9. The summed E-state index contributed by atoms with van der Waals surface area (Å²) >= 11 is 0. The monoisotopic (exact) mass is 785 g/mol. The molecule has 0 aliphatic carbocycles. The molecule has 0 saturated heterocycles. The van der Waals surface area contributed by atoms with Crippen molar-refractivity contribution in [1.29, 1.82) is 0 Å². The number of hydrogen-bond donors (Lipinski definition) is 0. The molecule has 2 aliphatic heterocycles. The van der Waals surface area contributed by atoms with Crippen molar-refractivity contribution in [3.8, 4) is 39.5 Å². The van der Waals surface area contributed by atoms with Crippen molar-refractivity contribution < 1.29 is 13.6 Å².